The van der Waals surface area contributed by atoms with Crippen LogP contribution in [0.15, 0.2) is 60.9 Å². The van der Waals surface area contributed by atoms with E-state index in [0.717, 1.165) is 24.7 Å². The summed E-state index contributed by atoms with van der Waals surface area (Å²) < 4.78 is 8.73. The van der Waals surface area contributed by atoms with Crippen LogP contribution in [0.3, 0.4) is 0 Å². The molecule has 25 heavy (non-hydrogen) atoms. The molecule has 0 aliphatic rings. The van der Waals surface area contributed by atoms with Crippen molar-refractivity contribution in [3.05, 3.63) is 81.4 Å². The van der Waals surface area contributed by atoms with Crippen LogP contribution in [0.25, 0.3) is 0 Å². The van der Waals surface area contributed by atoms with Crippen LogP contribution in [0, 0.1) is 3.57 Å². The number of benzene rings is 2. The van der Waals surface area contributed by atoms with Gasteiger partial charge in [-0.25, -0.2) is 4.98 Å². The maximum atomic E-state index is 5.32. The Bertz CT molecular complexity index is 814. The highest BCUT2D eigenvalue weighted by atomic mass is 127. The minimum absolute atomic E-state index is 0.0400. The first-order chi connectivity index (χ1) is 12.2. The number of methoxy groups -OCH3 is 1. The van der Waals surface area contributed by atoms with E-state index in [1.807, 2.05) is 24.5 Å². The maximum absolute atomic E-state index is 5.32. The van der Waals surface area contributed by atoms with Gasteiger partial charge in [0.2, 0.25) is 0 Å². The van der Waals surface area contributed by atoms with Gasteiger partial charge in [-0.1, -0.05) is 24.3 Å². The minimum atomic E-state index is 0.0400. The summed E-state index contributed by atoms with van der Waals surface area (Å²) in [5, 5.41) is 3.66. The van der Waals surface area contributed by atoms with Gasteiger partial charge in [-0.2, -0.15) is 0 Å². The van der Waals surface area contributed by atoms with Crippen LogP contribution in [0.5, 0.6) is 5.75 Å². The molecule has 1 unspecified atom stereocenters. The third-order valence-corrected chi connectivity index (χ3v) is 4.91. The van der Waals surface area contributed by atoms with Crippen LogP contribution >= 0.6 is 22.6 Å². The highest BCUT2D eigenvalue weighted by Gasteiger charge is 2.18. The largest absolute Gasteiger partial charge is 0.497 e. The van der Waals surface area contributed by atoms with E-state index in [2.05, 4.69) is 80.8 Å². The molecule has 1 aromatic heterocycles. The van der Waals surface area contributed by atoms with E-state index in [-0.39, 0.29) is 6.04 Å². The van der Waals surface area contributed by atoms with E-state index >= 15 is 0 Å². The number of imidazole rings is 1. The Morgan fingerprint density at radius 3 is 2.72 bits per heavy atom. The third kappa shape index (κ3) is 4.41. The number of ether oxygens (including phenoxy) is 1. The molecule has 0 spiro atoms. The lowest BCUT2D eigenvalue weighted by molar-refractivity contribution is 0.414. The molecule has 3 rings (SSSR count). The van der Waals surface area contributed by atoms with Crippen molar-refractivity contribution in [2.75, 3.05) is 7.11 Å². The van der Waals surface area contributed by atoms with E-state index in [4.69, 9.17) is 4.74 Å². The van der Waals surface area contributed by atoms with E-state index < -0.39 is 0 Å². The first-order valence-corrected chi connectivity index (χ1v) is 9.42. The first-order valence-electron chi connectivity index (χ1n) is 8.34. The second-order valence-electron chi connectivity index (χ2n) is 5.79. The number of nitrogens with zero attached hydrogens (tertiary/aromatic N) is 2. The predicted molar refractivity (Wildman–Crippen MR) is 109 cm³/mol. The normalized spacial score (nSPS) is 12.1. The summed E-state index contributed by atoms with van der Waals surface area (Å²) in [6, 6.07) is 16.8. The Morgan fingerprint density at radius 2 is 2.00 bits per heavy atom. The van der Waals surface area contributed by atoms with Gasteiger partial charge in [0.1, 0.15) is 11.6 Å². The summed E-state index contributed by atoms with van der Waals surface area (Å²) in [4.78, 5) is 4.61. The molecule has 130 valence electrons. The lowest BCUT2D eigenvalue weighted by Crippen LogP contribution is -2.25. The fourth-order valence-electron chi connectivity index (χ4n) is 2.86. The van der Waals surface area contributed by atoms with Crippen molar-refractivity contribution in [2.45, 2.75) is 26.1 Å². The summed E-state index contributed by atoms with van der Waals surface area (Å²) in [7, 11) is 1.69. The molecule has 3 aromatic rings. The van der Waals surface area contributed by atoms with E-state index in [1.54, 1.807) is 7.11 Å². The van der Waals surface area contributed by atoms with Crippen molar-refractivity contribution < 1.29 is 4.74 Å². The summed E-state index contributed by atoms with van der Waals surface area (Å²) in [6.07, 6.45) is 3.90. The van der Waals surface area contributed by atoms with E-state index in [0.29, 0.717) is 0 Å². The zero-order valence-corrected chi connectivity index (χ0v) is 16.6. The molecule has 2 aromatic carbocycles. The number of aryl methyl sites for hydroxylation is 1. The van der Waals surface area contributed by atoms with Crippen LogP contribution in [0.1, 0.15) is 29.9 Å². The molecule has 0 radical (unpaired) electrons. The third-order valence-electron chi connectivity index (χ3n) is 4.19. The zero-order chi connectivity index (χ0) is 17.6. The Morgan fingerprint density at radius 1 is 1.20 bits per heavy atom. The highest BCUT2D eigenvalue weighted by molar-refractivity contribution is 14.1. The van der Waals surface area contributed by atoms with Crippen molar-refractivity contribution in [1.82, 2.24) is 14.9 Å². The molecular formula is C20H22IN3O. The molecule has 0 aliphatic heterocycles. The molecule has 0 amide bonds. The smallest absolute Gasteiger partial charge is 0.130 e. The van der Waals surface area contributed by atoms with Gasteiger partial charge in [-0.3, -0.25) is 5.32 Å². The zero-order valence-electron chi connectivity index (χ0n) is 14.4. The molecule has 5 heteroatoms. The van der Waals surface area contributed by atoms with Gasteiger partial charge in [0.25, 0.3) is 0 Å². The second kappa shape index (κ2) is 8.49. The number of hydrogen-bond donors (Lipinski definition) is 1. The van der Waals surface area contributed by atoms with Gasteiger partial charge in [0.15, 0.2) is 0 Å². The summed E-state index contributed by atoms with van der Waals surface area (Å²) in [6.45, 7) is 3.78. The molecule has 1 atom stereocenters. The van der Waals surface area contributed by atoms with E-state index in [1.165, 1.54) is 14.7 Å². The standard InChI is InChI=1S/C20H22IN3O/c1-3-24-12-11-22-20(24)19(16-7-9-17(21)10-8-16)23-14-15-5-4-6-18(13-15)25-2/h4-13,19,23H,3,14H2,1-2H3. The molecule has 0 fully saturated rings. The summed E-state index contributed by atoms with van der Waals surface area (Å²) in [5.41, 5.74) is 2.40. The SMILES string of the molecule is CCn1ccnc1C(NCc1cccc(OC)c1)c1ccc(I)cc1. The maximum Gasteiger partial charge on any atom is 0.130 e. The molecule has 1 N–H and O–H groups in total. The van der Waals surface area contributed by atoms with Gasteiger partial charge in [0, 0.05) is 29.1 Å². The topological polar surface area (TPSA) is 39.1 Å². The van der Waals surface area contributed by atoms with Gasteiger partial charge >= 0.3 is 0 Å². The second-order valence-corrected chi connectivity index (χ2v) is 7.03. The van der Waals surface area contributed by atoms with Crippen molar-refractivity contribution in [3.8, 4) is 5.75 Å². The average Bonchev–Trinajstić information content (AvgIpc) is 3.12. The Hall–Kier alpha value is -1.86. The van der Waals surface area contributed by atoms with Crippen molar-refractivity contribution in [2.24, 2.45) is 0 Å². The Balaban J connectivity index is 1.87. The quantitative estimate of drug-likeness (QED) is 0.546. The fourth-order valence-corrected chi connectivity index (χ4v) is 3.22. The average molecular weight is 447 g/mol. The van der Waals surface area contributed by atoms with Crippen molar-refractivity contribution in [3.63, 3.8) is 0 Å². The summed E-state index contributed by atoms with van der Waals surface area (Å²) >= 11 is 2.33. The molecule has 0 saturated heterocycles. The van der Waals surface area contributed by atoms with Gasteiger partial charge in [-0.15, -0.1) is 0 Å². The van der Waals surface area contributed by atoms with Gasteiger partial charge < -0.3 is 9.30 Å². The van der Waals surface area contributed by atoms with Gasteiger partial charge in [-0.05, 0) is 64.9 Å². The molecular weight excluding hydrogens is 425 g/mol. The van der Waals surface area contributed by atoms with Crippen LogP contribution < -0.4 is 10.1 Å². The number of aromatic nitrogens is 2. The number of rotatable bonds is 7. The lowest BCUT2D eigenvalue weighted by atomic mass is 10.1. The van der Waals surface area contributed by atoms with Crippen molar-refractivity contribution in [1.29, 1.82) is 0 Å². The molecule has 1 heterocycles. The Kier molecular flexibility index (Phi) is 6.09. The molecule has 0 bridgehead atoms. The molecule has 0 saturated carbocycles. The van der Waals surface area contributed by atoms with E-state index in [9.17, 15) is 0 Å². The van der Waals surface area contributed by atoms with Crippen LogP contribution in [-0.2, 0) is 13.1 Å². The molecule has 0 aliphatic carbocycles. The number of halogens is 1. The number of hydrogen-bond acceptors (Lipinski definition) is 3. The van der Waals surface area contributed by atoms with Gasteiger partial charge in [0.05, 0.1) is 13.2 Å². The monoisotopic (exact) mass is 447 g/mol. The fraction of sp³-hybridized carbons (Fsp3) is 0.250. The molecule has 4 nitrogen and oxygen atoms in total. The lowest BCUT2D eigenvalue weighted by Gasteiger charge is -2.20. The van der Waals surface area contributed by atoms with Crippen molar-refractivity contribution >= 4 is 22.6 Å². The highest BCUT2D eigenvalue weighted by Crippen LogP contribution is 2.23. The first kappa shape index (κ1) is 17.9. The Labute approximate surface area is 162 Å². The van der Waals surface area contributed by atoms with Crippen LogP contribution in [-0.4, -0.2) is 16.7 Å². The number of nitrogens with one attached hydrogen (secondary N) is 1. The predicted octanol–water partition coefficient (Wildman–Crippen LogP) is 4.40. The van der Waals surface area contributed by atoms with Crippen LogP contribution in [0.2, 0.25) is 0 Å². The summed E-state index contributed by atoms with van der Waals surface area (Å²) in [5.74, 6) is 1.91. The minimum Gasteiger partial charge on any atom is -0.497 e. The van der Waals surface area contributed by atoms with Crippen LogP contribution in [0.4, 0.5) is 0 Å².